The van der Waals surface area contributed by atoms with E-state index in [2.05, 4.69) is 14.9 Å². The van der Waals surface area contributed by atoms with Crippen LogP contribution in [0.5, 0.6) is 103 Å². The molecule has 52 nitrogen and oxygen atoms in total. The Morgan fingerprint density at radius 2 is 0.745 bits per heavy atom. The minimum atomic E-state index is -4.99. The van der Waals surface area contributed by atoms with Crippen molar-refractivity contribution in [2.24, 2.45) is 11.5 Å². The van der Waals surface area contributed by atoms with E-state index in [0.717, 1.165) is 7.11 Å². The molecule has 1 atom stereocenters. The highest BCUT2D eigenvalue weighted by Gasteiger charge is 2.72. The maximum absolute atomic E-state index is 14.7. The maximum Gasteiger partial charge on any atom is 0.315 e. The van der Waals surface area contributed by atoms with Crippen molar-refractivity contribution in [1.82, 2.24) is 19.6 Å². The summed E-state index contributed by atoms with van der Waals surface area (Å²) < 4.78 is 14.0. The molecule has 102 heavy (non-hydrogen) atoms. The van der Waals surface area contributed by atoms with Crippen LogP contribution in [0, 0.1) is 0 Å². The molecule has 4 aliphatic rings. The Balaban J connectivity index is 0.997. The van der Waals surface area contributed by atoms with E-state index in [0.29, 0.717) is 0 Å². The van der Waals surface area contributed by atoms with Crippen molar-refractivity contribution in [3.63, 3.8) is 0 Å². The minimum Gasteiger partial charge on any atom is -0.503 e. The average Bonchev–Trinajstić information content (AvgIpc) is 1.39. The fourth-order valence-corrected chi connectivity index (χ4v) is 11.2. The third-order valence-corrected chi connectivity index (χ3v) is 16.4. The number of anilines is 4. The van der Waals surface area contributed by atoms with Crippen LogP contribution in [0.15, 0.2) is 0 Å². The Morgan fingerprint density at radius 3 is 1.09 bits per heavy atom. The van der Waals surface area contributed by atoms with Gasteiger partial charge >= 0.3 is 17.6 Å². The first-order valence-electron chi connectivity index (χ1n) is 26.8. The Morgan fingerprint density at radius 1 is 0.422 bits per heavy atom. The van der Waals surface area contributed by atoms with Gasteiger partial charge in [-0.05, 0) is 0 Å². The number of aromatic nitrogens is 4. The van der Waals surface area contributed by atoms with Crippen LogP contribution in [0.4, 0.5) is 22.7 Å². The van der Waals surface area contributed by atoms with Gasteiger partial charge in [-0.1, -0.05) is 0 Å². The van der Waals surface area contributed by atoms with E-state index >= 15 is 0 Å². The number of phenols is 16. The van der Waals surface area contributed by atoms with Crippen molar-refractivity contribution in [1.29, 1.82) is 0 Å². The number of nitrogens with zero attached hydrogens (tertiary/aromatic N) is 8. The topological polar surface area (TPSA) is 898 Å². The van der Waals surface area contributed by atoms with Crippen LogP contribution in [0.2, 0.25) is 0 Å². The summed E-state index contributed by atoms with van der Waals surface area (Å²) in [5, 5.41) is 371. The Hall–Kier alpha value is -12.2. The highest BCUT2D eigenvalue weighted by Crippen LogP contribution is 2.64. The zero-order valence-corrected chi connectivity index (χ0v) is 49.5. The number of benzene rings is 4. The predicted molar refractivity (Wildman–Crippen MR) is 300 cm³/mol. The second kappa shape index (κ2) is 21.9. The molecule has 550 valence electrons. The number of fused-ring (bicyclic) bond motifs is 2. The minimum absolute atomic E-state index is 0.222. The lowest BCUT2D eigenvalue weighted by molar-refractivity contribution is -0.440. The number of methoxy groups -OCH3 is 1. The van der Waals surface area contributed by atoms with E-state index in [1.807, 2.05) is 0 Å². The van der Waals surface area contributed by atoms with Gasteiger partial charge in [0.05, 0.1) is 37.7 Å². The molecule has 52 heteroatoms. The average molecular weight is 1460 g/mol. The Labute approximate surface area is 553 Å². The number of carbonyl (C=O) groups is 6. The largest absolute Gasteiger partial charge is 0.503 e. The van der Waals surface area contributed by atoms with Crippen molar-refractivity contribution in [3.05, 3.63) is 33.9 Å². The van der Waals surface area contributed by atoms with E-state index in [9.17, 15) is 197 Å². The normalized spacial score (nSPS) is 20.5. The van der Waals surface area contributed by atoms with E-state index in [-0.39, 0.29) is 9.58 Å². The number of β-amino-alcohol motifs (C(OH)–C–C–N with tert-alkyl or cyclic N) is 3. The number of rotatable bonds is 13. The van der Waals surface area contributed by atoms with Crippen molar-refractivity contribution >= 4 is 58.2 Å². The summed E-state index contributed by atoms with van der Waals surface area (Å²) in [6.45, 7) is -6.03. The molecular formula is C50H48N10O42. The van der Waals surface area contributed by atoms with Gasteiger partial charge < -0.3 is 194 Å². The number of hydrogen-bond donors (Lipinski definition) is 35. The summed E-state index contributed by atoms with van der Waals surface area (Å²) in [7, 11) is 0.774. The first-order valence-corrected chi connectivity index (χ1v) is 26.8. The molecular weight excluding hydrogens is 1410 g/mol. The molecule has 6 aromatic rings. The molecule has 4 aromatic carbocycles. The van der Waals surface area contributed by atoms with Gasteiger partial charge in [-0.15, -0.1) is 0 Å². The van der Waals surface area contributed by atoms with Crippen molar-refractivity contribution in [2.45, 2.75) is 58.8 Å². The Bertz CT molecular complexity index is 4660. The molecule has 0 saturated carbocycles. The fraction of sp³-hybridized carbons (Fsp3) is 0.280. The van der Waals surface area contributed by atoms with Gasteiger partial charge in [-0.2, -0.15) is 10.2 Å². The van der Waals surface area contributed by atoms with Crippen molar-refractivity contribution < 1.29 is 211 Å². The number of carbonyl (C=O) groups excluding carboxylic acids is 6. The number of ether oxygens (including phenoxy) is 3. The number of phenolic OH excluding ortho intramolecular Hbond substituents is 16. The second-order valence-electron chi connectivity index (χ2n) is 22.3. The standard InChI is InChI=1S/C50H48N10O42/c1-100-35-31(74)27(70)17(28(71)32(35)75)59-11-7(9(53-59)37(51)78)45(88,89)49(96,97)57(39(11)80)15-23(66)19(62)13(20(63)24(15)67)55-4-44(87,42(83,84)2-6(55)61)102-5-101-36-33(76)29(72)18(30(73)34(36)77)60-12-8(10(54-60)38(52)79)46(90,91)50(98,99)58(40(12)81)16-25(68)21(64)14(22(65)26(16)69)56-3-43(85,86)48(94,95)47(92,93)41(56)82/h62-77,83-99H,2-5H2,1H3,(H2,51,78)(H2,52,79). The van der Waals surface area contributed by atoms with E-state index in [1.54, 1.807) is 0 Å². The molecule has 0 bridgehead atoms. The zero-order chi connectivity index (χ0) is 77.1. The highest BCUT2D eigenvalue weighted by molar-refractivity contribution is 6.16. The molecule has 37 N–H and O–H groups in total. The molecule has 6 amide bonds. The Kier molecular flexibility index (Phi) is 15.6. The summed E-state index contributed by atoms with van der Waals surface area (Å²) in [5.41, 5.74) is -11.4. The van der Waals surface area contributed by atoms with Crippen LogP contribution < -0.4 is 40.5 Å². The first kappa shape index (κ1) is 72.5. The number of hydrogen-bond acceptors (Lipinski definition) is 44. The molecule has 0 radical (unpaired) electrons. The molecule has 2 fully saturated rings. The summed E-state index contributed by atoms with van der Waals surface area (Å²) in [4.78, 5) is 78.6. The molecule has 0 aliphatic carbocycles. The van der Waals surface area contributed by atoms with Crippen molar-refractivity contribution in [2.75, 3.05) is 46.6 Å². The van der Waals surface area contributed by atoms with Gasteiger partial charge in [0, 0.05) is 0 Å². The molecule has 4 aliphatic heterocycles. The van der Waals surface area contributed by atoms with E-state index in [4.69, 9.17) is 20.9 Å². The smallest absolute Gasteiger partial charge is 0.315 e. The van der Waals surface area contributed by atoms with Crippen molar-refractivity contribution in [3.8, 4) is 115 Å². The lowest BCUT2D eigenvalue weighted by Crippen LogP contribution is -2.80. The first-order chi connectivity index (χ1) is 46.5. The van der Waals surface area contributed by atoms with Crippen LogP contribution in [0.1, 0.15) is 59.5 Å². The monoisotopic (exact) mass is 1460 g/mol. The van der Waals surface area contributed by atoms with Gasteiger partial charge in [0.15, 0.2) is 98.5 Å². The highest BCUT2D eigenvalue weighted by atomic mass is 16.8. The van der Waals surface area contributed by atoms with Crippen LogP contribution >= 0.6 is 0 Å². The van der Waals surface area contributed by atoms with Crippen LogP contribution in [-0.4, -0.2) is 291 Å². The second-order valence-corrected chi connectivity index (χ2v) is 22.3. The molecule has 2 aromatic heterocycles. The third kappa shape index (κ3) is 9.02. The lowest BCUT2D eigenvalue weighted by atomic mass is 9.89. The van der Waals surface area contributed by atoms with Crippen LogP contribution in [0.25, 0.3) is 11.4 Å². The molecule has 2 saturated heterocycles. The van der Waals surface area contributed by atoms with Gasteiger partial charge in [-0.25, -0.2) is 19.2 Å². The summed E-state index contributed by atoms with van der Waals surface area (Å²) in [5.74, 6) is -89.1. The number of nitrogens with two attached hydrogens (primary N) is 2. The molecule has 10 rings (SSSR count). The van der Waals surface area contributed by atoms with Crippen LogP contribution in [0.3, 0.4) is 0 Å². The number of piperidine rings is 2. The molecule has 1 unspecified atom stereocenters. The number of aliphatic hydroxyl groups is 17. The molecule has 0 spiro atoms. The number of aromatic hydroxyl groups is 16. The maximum atomic E-state index is 14.7. The predicted octanol–water partition coefficient (Wildman–Crippen LogP) is -13.0. The SMILES string of the molecule is COc1c(O)c(O)c(-n2nc(C(N)=O)c3c2C(=O)N(c2c(O)c(O)c(N4CC(O)(OCOc5c(O)c(O)c(-n6nc(C(N)=O)c7c6C(=O)N(c6c(O)c(O)c(N8CC(O)(O)C(O)(O)C(O)(O)C8=O)c(O)c6O)C(O)(O)C7(O)O)c(O)c5O)C(O)(O)CC4=O)c(O)c2O)C(O)(O)C3(O)O)c(O)c1O. The number of primary amides is 2. The summed E-state index contributed by atoms with van der Waals surface area (Å²) >= 11 is 0. The van der Waals surface area contributed by atoms with Crippen LogP contribution in [-0.2, 0) is 25.9 Å². The fourth-order valence-electron chi connectivity index (χ4n) is 11.2. The van der Waals surface area contributed by atoms with Gasteiger partial charge in [0.25, 0.3) is 46.9 Å². The zero-order valence-electron chi connectivity index (χ0n) is 49.5. The third-order valence-electron chi connectivity index (χ3n) is 16.4. The summed E-state index contributed by atoms with van der Waals surface area (Å²) in [6.07, 6.45) is -1.94. The lowest BCUT2D eigenvalue weighted by Gasteiger charge is -2.49. The van der Waals surface area contributed by atoms with Gasteiger partial charge in [-0.3, -0.25) is 38.6 Å². The van der Waals surface area contributed by atoms with Gasteiger partial charge in [0.2, 0.25) is 57.8 Å². The van der Waals surface area contributed by atoms with Gasteiger partial charge in [0.1, 0.15) is 34.1 Å². The van der Waals surface area contributed by atoms with E-state index in [1.165, 1.54) is 0 Å². The molecule has 6 heterocycles. The number of amides is 6. The van der Waals surface area contributed by atoms with E-state index < -0.39 is 305 Å². The summed E-state index contributed by atoms with van der Waals surface area (Å²) in [6, 6.07) is 0. The quantitative estimate of drug-likeness (QED) is 0.0290.